The van der Waals surface area contributed by atoms with E-state index in [1.54, 1.807) is 5.01 Å². The minimum Gasteiger partial charge on any atom is -0.494 e. The molecule has 1 saturated heterocycles. The number of hydrogen-bond donors (Lipinski definition) is 0. The zero-order valence-corrected chi connectivity index (χ0v) is 17.1. The summed E-state index contributed by atoms with van der Waals surface area (Å²) in [6, 6.07) is 18.2. The van der Waals surface area contributed by atoms with Crippen molar-refractivity contribution < 1.29 is 9.53 Å². The Hall–Kier alpha value is -2.66. The molecular formula is C24H29N3O2. The Kier molecular flexibility index (Phi) is 6.25. The highest BCUT2D eigenvalue weighted by Crippen LogP contribution is 2.33. The van der Waals surface area contributed by atoms with E-state index in [1.807, 2.05) is 37.3 Å². The van der Waals surface area contributed by atoms with E-state index in [1.165, 1.54) is 19.3 Å². The number of likely N-dealkylation sites (tertiary alicyclic amines) is 1. The second-order valence-electron chi connectivity index (χ2n) is 7.71. The summed E-state index contributed by atoms with van der Waals surface area (Å²) >= 11 is 0. The predicted octanol–water partition coefficient (Wildman–Crippen LogP) is 4.25. The largest absolute Gasteiger partial charge is 0.494 e. The van der Waals surface area contributed by atoms with Gasteiger partial charge in [0, 0.05) is 6.42 Å². The molecule has 5 heteroatoms. The highest BCUT2D eigenvalue weighted by Gasteiger charge is 2.33. The summed E-state index contributed by atoms with van der Waals surface area (Å²) in [6.45, 7) is 5.07. The van der Waals surface area contributed by atoms with Gasteiger partial charge in [0.2, 0.25) is 0 Å². The maximum Gasteiger partial charge on any atom is 0.257 e. The van der Waals surface area contributed by atoms with Gasteiger partial charge in [0.25, 0.3) is 5.91 Å². The van der Waals surface area contributed by atoms with Crippen LogP contribution in [0.1, 0.15) is 49.8 Å². The summed E-state index contributed by atoms with van der Waals surface area (Å²) in [5.41, 5.74) is 3.14. The third-order valence-corrected chi connectivity index (χ3v) is 5.66. The van der Waals surface area contributed by atoms with Gasteiger partial charge in [0.05, 0.1) is 24.9 Å². The quantitative estimate of drug-likeness (QED) is 0.740. The minimum absolute atomic E-state index is 0.0711. The molecule has 152 valence electrons. The fourth-order valence-electron chi connectivity index (χ4n) is 4.14. The molecule has 1 atom stereocenters. The van der Waals surface area contributed by atoms with Crippen LogP contribution in [0.25, 0.3) is 0 Å². The zero-order valence-electron chi connectivity index (χ0n) is 17.1. The van der Waals surface area contributed by atoms with Gasteiger partial charge in [-0.15, -0.1) is 0 Å². The number of nitrogens with zero attached hydrogens (tertiary/aromatic N) is 3. The van der Waals surface area contributed by atoms with Crippen LogP contribution >= 0.6 is 0 Å². The lowest BCUT2D eigenvalue weighted by atomic mass is 9.98. The first-order valence-electron chi connectivity index (χ1n) is 10.6. The van der Waals surface area contributed by atoms with E-state index in [0.29, 0.717) is 13.2 Å². The fraction of sp³-hybridized carbons (Fsp3) is 0.417. The second kappa shape index (κ2) is 9.23. The normalized spacial score (nSPS) is 19.8. The molecule has 0 aromatic heterocycles. The van der Waals surface area contributed by atoms with Gasteiger partial charge in [0.1, 0.15) is 5.75 Å². The van der Waals surface area contributed by atoms with Crippen LogP contribution in [-0.2, 0) is 4.79 Å². The van der Waals surface area contributed by atoms with Crippen LogP contribution in [-0.4, -0.2) is 47.8 Å². The number of benzene rings is 2. The lowest BCUT2D eigenvalue weighted by Gasteiger charge is -2.29. The van der Waals surface area contributed by atoms with Gasteiger partial charge < -0.3 is 4.74 Å². The summed E-state index contributed by atoms with van der Waals surface area (Å²) in [7, 11) is 0. The second-order valence-corrected chi connectivity index (χ2v) is 7.71. The lowest BCUT2D eigenvalue weighted by molar-refractivity contribution is -0.134. The summed E-state index contributed by atoms with van der Waals surface area (Å²) in [6.07, 6.45) is 4.34. The van der Waals surface area contributed by atoms with Crippen LogP contribution in [0, 0.1) is 0 Å². The standard InChI is InChI=1S/C24H29N3O2/c1-2-29-21-13-11-20(12-14-21)23-17-22(19-9-5-3-6-10-19)25-27(23)24(28)18-26-15-7-4-8-16-26/h3,5-6,9-14,23H,2,4,7-8,15-18H2,1H3/t23-/m0/s1. The van der Waals surface area contributed by atoms with E-state index in [0.717, 1.165) is 42.1 Å². The van der Waals surface area contributed by atoms with Crippen molar-refractivity contribution in [1.29, 1.82) is 0 Å². The Morgan fingerprint density at radius 3 is 2.45 bits per heavy atom. The first-order chi connectivity index (χ1) is 14.2. The fourth-order valence-corrected chi connectivity index (χ4v) is 4.14. The monoisotopic (exact) mass is 391 g/mol. The molecule has 5 nitrogen and oxygen atoms in total. The van der Waals surface area contributed by atoms with Crippen LogP contribution in [0.4, 0.5) is 0 Å². The number of carbonyl (C=O) groups is 1. The van der Waals surface area contributed by atoms with Gasteiger partial charge in [-0.2, -0.15) is 5.10 Å². The molecule has 0 unspecified atom stereocenters. The van der Waals surface area contributed by atoms with Crippen LogP contribution in [0.3, 0.4) is 0 Å². The summed E-state index contributed by atoms with van der Waals surface area (Å²) in [4.78, 5) is 15.5. The Morgan fingerprint density at radius 2 is 1.76 bits per heavy atom. The number of carbonyl (C=O) groups excluding carboxylic acids is 1. The van der Waals surface area contributed by atoms with Crippen LogP contribution in [0.2, 0.25) is 0 Å². The zero-order chi connectivity index (χ0) is 20.1. The molecule has 2 heterocycles. The van der Waals surface area contributed by atoms with Crippen molar-refractivity contribution >= 4 is 11.6 Å². The van der Waals surface area contributed by atoms with Crippen molar-refractivity contribution in [2.45, 2.75) is 38.6 Å². The van der Waals surface area contributed by atoms with E-state index in [2.05, 4.69) is 29.2 Å². The smallest absolute Gasteiger partial charge is 0.257 e. The van der Waals surface area contributed by atoms with Crippen molar-refractivity contribution in [3.63, 3.8) is 0 Å². The number of rotatable bonds is 6. The summed E-state index contributed by atoms with van der Waals surface area (Å²) < 4.78 is 5.57. The van der Waals surface area contributed by atoms with Crippen molar-refractivity contribution in [3.05, 3.63) is 65.7 Å². The molecule has 2 aliphatic rings. The highest BCUT2D eigenvalue weighted by molar-refractivity contribution is 6.03. The molecule has 0 aliphatic carbocycles. The first kappa shape index (κ1) is 19.6. The predicted molar refractivity (Wildman–Crippen MR) is 115 cm³/mol. The van der Waals surface area contributed by atoms with Gasteiger partial charge in [0.15, 0.2) is 0 Å². The molecule has 0 radical (unpaired) electrons. The molecule has 0 spiro atoms. The number of hydrogen-bond acceptors (Lipinski definition) is 4. The summed E-state index contributed by atoms with van der Waals surface area (Å²) in [5.74, 6) is 0.932. The van der Waals surface area contributed by atoms with Crippen LogP contribution in [0.5, 0.6) is 5.75 Å². The van der Waals surface area contributed by atoms with Crippen molar-refractivity contribution in [1.82, 2.24) is 9.91 Å². The van der Waals surface area contributed by atoms with E-state index >= 15 is 0 Å². The average molecular weight is 392 g/mol. The molecule has 2 aliphatic heterocycles. The van der Waals surface area contributed by atoms with Crippen LogP contribution < -0.4 is 4.74 Å². The molecule has 0 bridgehead atoms. The van der Waals surface area contributed by atoms with E-state index in [-0.39, 0.29) is 11.9 Å². The van der Waals surface area contributed by atoms with Crippen molar-refractivity contribution in [3.8, 4) is 5.75 Å². The van der Waals surface area contributed by atoms with Crippen LogP contribution in [0.15, 0.2) is 59.7 Å². The van der Waals surface area contributed by atoms with Gasteiger partial charge >= 0.3 is 0 Å². The van der Waals surface area contributed by atoms with E-state index < -0.39 is 0 Å². The molecule has 2 aromatic rings. The van der Waals surface area contributed by atoms with Gasteiger partial charge in [-0.3, -0.25) is 9.69 Å². The SMILES string of the molecule is CCOc1ccc([C@@H]2CC(c3ccccc3)=NN2C(=O)CN2CCCCC2)cc1. The molecular weight excluding hydrogens is 362 g/mol. The number of piperidine rings is 1. The molecule has 1 fully saturated rings. The Balaban J connectivity index is 1.57. The molecule has 1 amide bonds. The van der Waals surface area contributed by atoms with Crippen molar-refractivity contribution in [2.24, 2.45) is 5.10 Å². The van der Waals surface area contributed by atoms with Gasteiger partial charge in [-0.25, -0.2) is 5.01 Å². The third-order valence-electron chi connectivity index (χ3n) is 5.66. The number of ether oxygens (including phenoxy) is 1. The number of hydrazone groups is 1. The lowest BCUT2D eigenvalue weighted by Crippen LogP contribution is -2.40. The van der Waals surface area contributed by atoms with E-state index in [9.17, 15) is 4.79 Å². The Labute approximate surface area is 173 Å². The highest BCUT2D eigenvalue weighted by atomic mass is 16.5. The molecule has 0 N–H and O–H groups in total. The minimum atomic E-state index is -0.0711. The molecule has 29 heavy (non-hydrogen) atoms. The Morgan fingerprint density at radius 1 is 1.03 bits per heavy atom. The van der Waals surface area contributed by atoms with E-state index in [4.69, 9.17) is 9.84 Å². The maximum atomic E-state index is 13.2. The summed E-state index contributed by atoms with van der Waals surface area (Å²) in [5, 5.41) is 6.50. The van der Waals surface area contributed by atoms with Gasteiger partial charge in [-0.05, 0) is 56.1 Å². The Bertz CT molecular complexity index is 842. The number of amides is 1. The first-order valence-corrected chi connectivity index (χ1v) is 10.6. The third kappa shape index (κ3) is 4.67. The molecule has 2 aromatic carbocycles. The molecule has 0 saturated carbocycles. The molecule has 4 rings (SSSR count). The topological polar surface area (TPSA) is 45.1 Å². The average Bonchev–Trinajstić information content (AvgIpc) is 3.22. The maximum absolute atomic E-state index is 13.2. The van der Waals surface area contributed by atoms with Crippen molar-refractivity contribution in [2.75, 3.05) is 26.2 Å². The van der Waals surface area contributed by atoms with Gasteiger partial charge in [-0.1, -0.05) is 48.9 Å².